The Hall–Kier alpha value is -0.780. The third kappa shape index (κ3) is 4.83. The summed E-state index contributed by atoms with van der Waals surface area (Å²) in [5.74, 6) is 0.375. The molecule has 0 atom stereocenters. The number of rotatable bonds is 4. The maximum Gasteiger partial charge on any atom is 0.315 e. The van der Waals surface area contributed by atoms with Crippen LogP contribution in [0.2, 0.25) is 0 Å². The monoisotopic (exact) mass is 248 g/mol. The minimum Gasteiger partial charge on any atom is -0.338 e. The van der Waals surface area contributed by atoms with Crippen LogP contribution in [0.1, 0.15) is 32.6 Å². The van der Waals surface area contributed by atoms with Gasteiger partial charge in [0.15, 0.2) is 0 Å². The lowest BCUT2D eigenvalue weighted by Crippen LogP contribution is -2.45. The smallest absolute Gasteiger partial charge is 0.315 e. The average Bonchev–Trinajstić information content (AvgIpc) is 2.22. The van der Waals surface area contributed by atoms with Crippen LogP contribution in [0.4, 0.5) is 4.79 Å². The molecule has 16 heavy (non-hydrogen) atoms. The highest BCUT2D eigenvalue weighted by molar-refractivity contribution is 7.91. The van der Waals surface area contributed by atoms with E-state index >= 15 is 0 Å². The van der Waals surface area contributed by atoms with Crippen LogP contribution in [0.3, 0.4) is 0 Å². The van der Waals surface area contributed by atoms with Gasteiger partial charge in [-0.25, -0.2) is 13.2 Å². The topological polar surface area (TPSA) is 75.3 Å². The van der Waals surface area contributed by atoms with E-state index in [1.165, 1.54) is 0 Å². The van der Waals surface area contributed by atoms with Crippen LogP contribution in [0.15, 0.2) is 0 Å². The van der Waals surface area contributed by atoms with E-state index in [0.29, 0.717) is 19.4 Å². The van der Waals surface area contributed by atoms with Crippen molar-refractivity contribution in [2.75, 3.05) is 18.1 Å². The highest BCUT2D eigenvalue weighted by Gasteiger charge is 2.24. The lowest BCUT2D eigenvalue weighted by atomic mass is 10.2. The molecule has 94 valence electrons. The lowest BCUT2D eigenvalue weighted by Gasteiger charge is -2.23. The third-order valence-electron chi connectivity index (χ3n) is 2.71. The van der Waals surface area contributed by atoms with Gasteiger partial charge in [0, 0.05) is 12.6 Å². The van der Waals surface area contributed by atoms with E-state index in [1.807, 2.05) is 0 Å². The Balaban J connectivity index is 2.20. The fourth-order valence-electron chi connectivity index (χ4n) is 1.65. The molecule has 1 rings (SSSR count). The number of amides is 2. The van der Waals surface area contributed by atoms with E-state index in [2.05, 4.69) is 17.6 Å². The quantitative estimate of drug-likeness (QED) is 0.718. The normalized spacial score (nSPS) is 20.3. The van der Waals surface area contributed by atoms with Crippen LogP contribution in [0.25, 0.3) is 0 Å². The summed E-state index contributed by atoms with van der Waals surface area (Å²) in [5, 5.41) is 5.55. The second-order valence-electron chi connectivity index (χ2n) is 4.18. The molecule has 1 saturated heterocycles. The molecule has 1 aliphatic rings. The minimum atomic E-state index is -2.84. The van der Waals surface area contributed by atoms with Crippen molar-refractivity contribution in [3.63, 3.8) is 0 Å². The second kappa shape index (κ2) is 6.08. The van der Waals surface area contributed by atoms with E-state index in [4.69, 9.17) is 0 Å². The first-order chi connectivity index (χ1) is 7.53. The zero-order valence-electron chi connectivity index (χ0n) is 9.66. The Kier molecular flexibility index (Phi) is 5.05. The number of hydrogen-bond acceptors (Lipinski definition) is 3. The Morgan fingerprint density at radius 3 is 2.50 bits per heavy atom. The minimum absolute atomic E-state index is 0.00477. The van der Waals surface area contributed by atoms with Gasteiger partial charge in [0.2, 0.25) is 0 Å². The molecule has 2 amide bonds. The van der Waals surface area contributed by atoms with Crippen LogP contribution in [-0.4, -0.2) is 38.5 Å². The van der Waals surface area contributed by atoms with Gasteiger partial charge in [0.1, 0.15) is 9.84 Å². The molecule has 0 aromatic rings. The van der Waals surface area contributed by atoms with Gasteiger partial charge in [-0.15, -0.1) is 0 Å². The Bertz CT molecular complexity index is 313. The second-order valence-corrected chi connectivity index (χ2v) is 6.48. The van der Waals surface area contributed by atoms with Gasteiger partial charge in [-0.2, -0.15) is 0 Å². The van der Waals surface area contributed by atoms with Crippen molar-refractivity contribution in [2.45, 2.75) is 38.6 Å². The first-order valence-corrected chi connectivity index (χ1v) is 7.60. The molecule has 2 N–H and O–H groups in total. The Morgan fingerprint density at radius 2 is 1.94 bits per heavy atom. The maximum atomic E-state index is 11.4. The van der Waals surface area contributed by atoms with E-state index in [0.717, 1.165) is 12.8 Å². The largest absolute Gasteiger partial charge is 0.338 e. The first-order valence-electron chi connectivity index (χ1n) is 5.78. The molecule has 0 aliphatic carbocycles. The van der Waals surface area contributed by atoms with Gasteiger partial charge >= 0.3 is 6.03 Å². The molecule has 1 aliphatic heterocycles. The van der Waals surface area contributed by atoms with Gasteiger partial charge in [0.05, 0.1) is 11.5 Å². The van der Waals surface area contributed by atoms with E-state index in [1.54, 1.807) is 0 Å². The van der Waals surface area contributed by atoms with E-state index in [9.17, 15) is 13.2 Å². The van der Waals surface area contributed by atoms with Gasteiger partial charge in [-0.05, 0) is 19.3 Å². The maximum absolute atomic E-state index is 11.4. The SMILES string of the molecule is CCCCNC(=O)NC1CCS(=O)(=O)CC1. The van der Waals surface area contributed by atoms with Crippen LogP contribution >= 0.6 is 0 Å². The fourth-order valence-corrected chi connectivity index (χ4v) is 3.14. The molecule has 1 heterocycles. The van der Waals surface area contributed by atoms with Crippen LogP contribution in [-0.2, 0) is 9.84 Å². The number of urea groups is 1. The summed E-state index contributed by atoms with van der Waals surface area (Å²) in [4.78, 5) is 11.4. The molecular formula is C10H20N2O3S. The number of hydrogen-bond donors (Lipinski definition) is 2. The predicted octanol–water partition coefficient (Wildman–Crippen LogP) is 0.663. The van der Waals surface area contributed by atoms with Crippen molar-refractivity contribution in [3.8, 4) is 0 Å². The fraction of sp³-hybridized carbons (Fsp3) is 0.900. The van der Waals surface area contributed by atoms with Gasteiger partial charge in [0.25, 0.3) is 0 Å². The third-order valence-corrected chi connectivity index (χ3v) is 4.42. The number of nitrogens with one attached hydrogen (secondary N) is 2. The molecule has 0 aromatic heterocycles. The molecule has 0 radical (unpaired) electrons. The summed E-state index contributed by atoms with van der Waals surface area (Å²) in [6, 6.07) is -0.178. The summed E-state index contributed by atoms with van der Waals surface area (Å²) in [6.07, 6.45) is 3.07. The molecule has 1 fully saturated rings. The molecule has 0 saturated carbocycles. The molecule has 6 heteroatoms. The van der Waals surface area contributed by atoms with Gasteiger partial charge in [-0.3, -0.25) is 0 Å². The summed E-state index contributed by atoms with van der Waals surface area (Å²) in [7, 11) is -2.84. The molecule has 0 aromatic carbocycles. The van der Waals surface area contributed by atoms with Crippen molar-refractivity contribution in [1.82, 2.24) is 10.6 Å². The standard InChI is InChI=1S/C10H20N2O3S/c1-2-3-6-11-10(13)12-9-4-7-16(14,15)8-5-9/h9H,2-8H2,1H3,(H2,11,12,13). The summed E-state index contributed by atoms with van der Waals surface area (Å²) in [6.45, 7) is 2.74. The summed E-state index contributed by atoms with van der Waals surface area (Å²) in [5.41, 5.74) is 0. The number of sulfone groups is 1. The van der Waals surface area contributed by atoms with E-state index < -0.39 is 9.84 Å². The summed E-state index contributed by atoms with van der Waals surface area (Å²) >= 11 is 0. The van der Waals surface area contributed by atoms with Crippen molar-refractivity contribution < 1.29 is 13.2 Å². The number of carbonyl (C=O) groups is 1. The van der Waals surface area contributed by atoms with E-state index in [-0.39, 0.29) is 23.6 Å². The number of unbranched alkanes of at least 4 members (excludes halogenated alkanes) is 1. The molecule has 0 spiro atoms. The van der Waals surface area contributed by atoms with Gasteiger partial charge in [-0.1, -0.05) is 13.3 Å². The molecule has 0 bridgehead atoms. The van der Waals surface area contributed by atoms with Crippen molar-refractivity contribution in [2.24, 2.45) is 0 Å². The van der Waals surface area contributed by atoms with Crippen LogP contribution in [0.5, 0.6) is 0 Å². The Morgan fingerprint density at radius 1 is 1.31 bits per heavy atom. The zero-order valence-corrected chi connectivity index (χ0v) is 10.5. The van der Waals surface area contributed by atoms with Gasteiger partial charge < -0.3 is 10.6 Å². The van der Waals surface area contributed by atoms with Crippen LogP contribution in [0, 0.1) is 0 Å². The molecule has 0 unspecified atom stereocenters. The first kappa shape index (κ1) is 13.3. The van der Waals surface area contributed by atoms with Crippen molar-refractivity contribution >= 4 is 15.9 Å². The highest BCUT2D eigenvalue weighted by Crippen LogP contribution is 2.11. The van der Waals surface area contributed by atoms with Crippen molar-refractivity contribution in [1.29, 1.82) is 0 Å². The Labute approximate surface area is 96.9 Å². The van der Waals surface area contributed by atoms with Crippen LogP contribution < -0.4 is 10.6 Å². The average molecular weight is 248 g/mol. The highest BCUT2D eigenvalue weighted by atomic mass is 32.2. The van der Waals surface area contributed by atoms with Crippen molar-refractivity contribution in [3.05, 3.63) is 0 Å². The molecule has 5 nitrogen and oxygen atoms in total. The lowest BCUT2D eigenvalue weighted by molar-refractivity contribution is 0.235. The summed E-state index contributed by atoms with van der Waals surface area (Å²) < 4.78 is 22.3. The number of carbonyl (C=O) groups excluding carboxylic acids is 1. The zero-order chi connectivity index (χ0) is 12.0. The predicted molar refractivity (Wildman–Crippen MR) is 63.1 cm³/mol. The molecular weight excluding hydrogens is 228 g/mol.